The smallest absolute Gasteiger partial charge is 0.344 e. The average molecular weight is 367 g/mol. The average Bonchev–Trinajstić information content (AvgIpc) is 2.72. The summed E-state index contributed by atoms with van der Waals surface area (Å²) in [6.45, 7) is 3.20. The summed E-state index contributed by atoms with van der Waals surface area (Å²) in [5, 5.41) is 0. The minimum atomic E-state index is -0.545. The second kappa shape index (κ2) is 9.21. The number of ether oxygens (including phenoxy) is 2. The normalized spacial score (nSPS) is 14.6. The number of carbonyl (C=O) groups is 2. The van der Waals surface area contributed by atoms with Gasteiger partial charge in [-0.15, -0.1) is 0 Å². The predicted molar refractivity (Wildman–Crippen MR) is 103 cm³/mol. The number of para-hydroxylation sites is 1. The lowest BCUT2D eigenvalue weighted by Crippen LogP contribution is -2.40. The first-order chi connectivity index (χ1) is 13.1. The molecule has 1 aliphatic rings. The minimum Gasteiger partial charge on any atom is -0.481 e. The van der Waals surface area contributed by atoms with Crippen molar-refractivity contribution in [3.05, 3.63) is 54.6 Å². The van der Waals surface area contributed by atoms with Crippen LogP contribution in [0.25, 0.3) is 11.1 Å². The molecule has 1 amide bonds. The van der Waals surface area contributed by atoms with Crippen molar-refractivity contribution in [2.75, 3.05) is 26.3 Å². The number of nitrogens with zero attached hydrogens (tertiary/aromatic N) is 1. The fourth-order valence-electron chi connectivity index (χ4n) is 3.12. The van der Waals surface area contributed by atoms with Crippen LogP contribution in [0.2, 0.25) is 0 Å². The summed E-state index contributed by atoms with van der Waals surface area (Å²) in [5.74, 6) is 0.572. The third kappa shape index (κ3) is 5.33. The topological polar surface area (TPSA) is 55.8 Å². The first kappa shape index (κ1) is 19.0. The van der Waals surface area contributed by atoms with Crippen LogP contribution >= 0.6 is 0 Å². The van der Waals surface area contributed by atoms with Crippen LogP contribution in [0.5, 0.6) is 5.75 Å². The second-order valence-corrected chi connectivity index (χ2v) is 6.87. The summed E-state index contributed by atoms with van der Waals surface area (Å²) in [5.41, 5.74) is 1.92. The van der Waals surface area contributed by atoms with Crippen molar-refractivity contribution in [1.82, 2.24) is 4.90 Å². The van der Waals surface area contributed by atoms with E-state index >= 15 is 0 Å². The molecule has 0 saturated carbocycles. The van der Waals surface area contributed by atoms with Crippen LogP contribution in [0.4, 0.5) is 0 Å². The van der Waals surface area contributed by atoms with Crippen LogP contribution in [-0.2, 0) is 14.3 Å². The van der Waals surface area contributed by atoms with Crippen LogP contribution in [0, 0.1) is 5.92 Å². The molecule has 0 N–H and O–H groups in total. The van der Waals surface area contributed by atoms with Crippen LogP contribution in [-0.4, -0.2) is 43.1 Å². The van der Waals surface area contributed by atoms with Gasteiger partial charge in [-0.3, -0.25) is 4.79 Å². The maximum atomic E-state index is 12.1. The highest BCUT2D eigenvalue weighted by Crippen LogP contribution is 2.29. The third-order valence-corrected chi connectivity index (χ3v) is 4.81. The quantitative estimate of drug-likeness (QED) is 0.733. The number of esters is 1. The van der Waals surface area contributed by atoms with Gasteiger partial charge in [0, 0.05) is 18.7 Å². The minimum absolute atomic E-state index is 0.139. The molecule has 1 fully saturated rings. The molecule has 0 aromatic heterocycles. The van der Waals surface area contributed by atoms with Gasteiger partial charge in [0.15, 0.2) is 13.2 Å². The Bertz CT molecular complexity index is 767. The van der Waals surface area contributed by atoms with Crippen molar-refractivity contribution < 1.29 is 19.1 Å². The molecule has 0 atom stereocenters. The van der Waals surface area contributed by atoms with E-state index in [4.69, 9.17) is 9.47 Å². The maximum absolute atomic E-state index is 12.1. The number of benzene rings is 2. The number of carbonyl (C=O) groups excluding carboxylic acids is 2. The van der Waals surface area contributed by atoms with Crippen molar-refractivity contribution in [2.45, 2.75) is 19.8 Å². The van der Waals surface area contributed by atoms with E-state index < -0.39 is 5.97 Å². The van der Waals surface area contributed by atoms with Crippen LogP contribution in [0.1, 0.15) is 19.8 Å². The Morgan fingerprint density at radius 2 is 1.63 bits per heavy atom. The number of piperidine rings is 1. The molecule has 0 spiro atoms. The third-order valence-electron chi connectivity index (χ3n) is 4.81. The highest BCUT2D eigenvalue weighted by molar-refractivity contribution is 5.81. The number of hydrogen-bond donors (Lipinski definition) is 0. The Kier molecular flexibility index (Phi) is 6.47. The number of hydrogen-bond acceptors (Lipinski definition) is 4. The van der Waals surface area contributed by atoms with Gasteiger partial charge in [0.05, 0.1) is 0 Å². The van der Waals surface area contributed by atoms with Gasteiger partial charge in [0.1, 0.15) is 5.75 Å². The molecule has 1 saturated heterocycles. The Labute approximate surface area is 159 Å². The highest BCUT2D eigenvalue weighted by atomic mass is 16.6. The van der Waals surface area contributed by atoms with Gasteiger partial charge in [-0.2, -0.15) is 0 Å². The van der Waals surface area contributed by atoms with Gasteiger partial charge < -0.3 is 14.4 Å². The summed E-state index contributed by atoms with van der Waals surface area (Å²) < 4.78 is 10.7. The van der Waals surface area contributed by atoms with E-state index in [1.54, 1.807) is 4.90 Å². The summed E-state index contributed by atoms with van der Waals surface area (Å²) in [6.07, 6.45) is 2.00. The van der Waals surface area contributed by atoms with E-state index in [0.29, 0.717) is 11.7 Å². The van der Waals surface area contributed by atoms with Crippen molar-refractivity contribution in [3.63, 3.8) is 0 Å². The molecule has 0 radical (unpaired) electrons. The van der Waals surface area contributed by atoms with Crippen LogP contribution < -0.4 is 4.74 Å². The molecule has 2 aromatic carbocycles. The lowest BCUT2D eigenvalue weighted by atomic mass is 9.99. The molecule has 1 heterocycles. The monoisotopic (exact) mass is 367 g/mol. The maximum Gasteiger partial charge on any atom is 0.344 e. The zero-order valence-corrected chi connectivity index (χ0v) is 15.6. The van der Waals surface area contributed by atoms with Crippen LogP contribution in [0.3, 0.4) is 0 Å². The van der Waals surface area contributed by atoms with Crippen molar-refractivity contribution in [1.29, 1.82) is 0 Å². The van der Waals surface area contributed by atoms with Crippen LogP contribution in [0.15, 0.2) is 54.6 Å². The molecule has 27 heavy (non-hydrogen) atoms. The summed E-state index contributed by atoms with van der Waals surface area (Å²) in [6, 6.07) is 17.4. The molecule has 5 heteroatoms. The molecule has 0 aliphatic carbocycles. The highest BCUT2D eigenvalue weighted by Gasteiger charge is 2.21. The van der Waals surface area contributed by atoms with E-state index in [2.05, 4.69) is 6.92 Å². The van der Waals surface area contributed by atoms with Crippen molar-refractivity contribution in [3.8, 4) is 16.9 Å². The molecule has 3 rings (SSSR count). The lowest BCUT2D eigenvalue weighted by molar-refractivity contribution is -0.154. The van der Waals surface area contributed by atoms with Crippen molar-refractivity contribution >= 4 is 11.9 Å². The summed E-state index contributed by atoms with van der Waals surface area (Å²) in [7, 11) is 0. The zero-order valence-electron chi connectivity index (χ0n) is 15.6. The Morgan fingerprint density at radius 1 is 0.963 bits per heavy atom. The standard InChI is InChI=1S/C22H25NO4/c1-17-11-13-23(14-12-17)21(24)15-27-22(25)16-26-20-10-6-5-9-19(20)18-7-3-2-4-8-18/h2-10,17H,11-16H2,1H3. The molecule has 2 aromatic rings. The number of rotatable bonds is 6. The molecule has 142 valence electrons. The van der Waals surface area contributed by atoms with E-state index in [0.717, 1.165) is 37.1 Å². The second-order valence-electron chi connectivity index (χ2n) is 6.87. The fourth-order valence-corrected chi connectivity index (χ4v) is 3.12. The van der Waals surface area contributed by atoms with Gasteiger partial charge in [-0.05, 0) is 30.4 Å². The first-order valence-corrected chi connectivity index (χ1v) is 9.34. The Hall–Kier alpha value is -2.82. The van der Waals surface area contributed by atoms with Gasteiger partial charge in [-0.1, -0.05) is 55.5 Å². The fraction of sp³-hybridized carbons (Fsp3) is 0.364. The summed E-state index contributed by atoms with van der Waals surface area (Å²) >= 11 is 0. The number of likely N-dealkylation sites (tertiary alicyclic amines) is 1. The molecule has 0 bridgehead atoms. The van der Waals surface area contributed by atoms with E-state index in [-0.39, 0.29) is 19.1 Å². The Balaban J connectivity index is 1.49. The van der Waals surface area contributed by atoms with Gasteiger partial charge >= 0.3 is 5.97 Å². The van der Waals surface area contributed by atoms with Gasteiger partial charge in [0.2, 0.25) is 0 Å². The van der Waals surface area contributed by atoms with Gasteiger partial charge in [-0.25, -0.2) is 4.79 Å². The van der Waals surface area contributed by atoms with Crippen molar-refractivity contribution in [2.24, 2.45) is 5.92 Å². The first-order valence-electron chi connectivity index (χ1n) is 9.34. The van der Waals surface area contributed by atoms with E-state index in [1.807, 2.05) is 54.6 Å². The SMILES string of the molecule is CC1CCN(C(=O)COC(=O)COc2ccccc2-c2ccccc2)CC1. The zero-order chi connectivity index (χ0) is 19.1. The molecule has 0 unspecified atom stereocenters. The van der Waals surface area contributed by atoms with E-state index in [1.165, 1.54) is 0 Å². The molecule has 1 aliphatic heterocycles. The van der Waals surface area contributed by atoms with E-state index in [9.17, 15) is 9.59 Å². The number of amides is 1. The lowest BCUT2D eigenvalue weighted by Gasteiger charge is -2.30. The summed E-state index contributed by atoms with van der Waals surface area (Å²) in [4.78, 5) is 25.9. The molecular formula is C22H25NO4. The van der Waals surface area contributed by atoms with Gasteiger partial charge in [0.25, 0.3) is 5.91 Å². The largest absolute Gasteiger partial charge is 0.481 e. The molecular weight excluding hydrogens is 342 g/mol. The predicted octanol–water partition coefficient (Wildman–Crippen LogP) is 3.53. The molecule has 5 nitrogen and oxygen atoms in total. The Morgan fingerprint density at radius 3 is 2.37 bits per heavy atom.